The highest BCUT2D eigenvalue weighted by molar-refractivity contribution is 6.65. The van der Waals surface area contributed by atoms with E-state index in [0.29, 0.717) is 16.2 Å². The average Bonchev–Trinajstić information content (AvgIpc) is 2.48. The van der Waals surface area contributed by atoms with Crippen LogP contribution in [0.5, 0.6) is 0 Å². The Morgan fingerprint density at radius 1 is 1.28 bits per heavy atom. The maximum atomic E-state index is 8.86. The average molecular weight is 265 g/mol. The SMILES string of the molecule is CC1(C)OB(c2cc(C#N)ncc2Cl)OC1(C)C. The van der Waals surface area contributed by atoms with E-state index in [1.54, 1.807) is 6.07 Å². The van der Waals surface area contributed by atoms with E-state index >= 15 is 0 Å². The zero-order valence-electron chi connectivity index (χ0n) is 10.8. The zero-order valence-corrected chi connectivity index (χ0v) is 11.6. The van der Waals surface area contributed by atoms with Crippen LogP contribution in [0.2, 0.25) is 5.02 Å². The van der Waals surface area contributed by atoms with Crippen LogP contribution in [0.15, 0.2) is 12.3 Å². The number of aromatic nitrogens is 1. The summed E-state index contributed by atoms with van der Waals surface area (Å²) in [5, 5.41) is 9.30. The first-order valence-corrected chi connectivity index (χ1v) is 6.06. The van der Waals surface area contributed by atoms with E-state index in [4.69, 9.17) is 26.2 Å². The molecule has 1 aliphatic rings. The number of rotatable bonds is 1. The van der Waals surface area contributed by atoms with Gasteiger partial charge in [0.05, 0.1) is 16.2 Å². The monoisotopic (exact) mass is 264 g/mol. The van der Waals surface area contributed by atoms with Crippen LogP contribution in [-0.2, 0) is 9.31 Å². The second-order valence-corrected chi connectivity index (χ2v) is 5.70. The molecule has 0 atom stereocenters. The summed E-state index contributed by atoms with van der Waals surface area (Å²) >= 11 is 6.09. The van der Waals surface area contributed by atoms with Crippen LogP contribution >= 0.6 is 11.6 Å². The molecule has 94 valence electrons. The molecule has 0 bridgehead atoms. The molecule has 0 amide bonds. The largest absolute Gasteiger partial charge is 0.496 e. The van der Waals surface area contributed by atoms with Crippen molar-refractivity contribution in [2.75, 3.05) is 0 Å². The molecule has 2 rings (SSSR count). The van der Waals surface area contributed by atoms with Crippen molar-refractivity contribution in [2.45, 2.75) is 38.9 Å². The van der Waals surface area contributed by atoms with Crippen LogP contribution in [0, 0.1) is 11.3 Å². The Bertz CT molecular complexity index is 509. The number of hydrogen-bond donors (Lipinski definition) is 0. The number of nitriles is 1. The van der Waals surface area contributed by atoms with E-state index in [1.807, 2.05) is 33.8 Å². The number of pyridine rings is 1. The minimum atomic E-state index is -0.572. The van der Waals surface area contributed by atoms with Gasteiger partial charge in [-0.15, -0.1) is 0 Å². The first-order chi connectivity index (χ1) is 8.27. The lowest BCUT2D eigenvalue weighted by Gasteiger charge is -2.32. The van der Waals surface area contributed by atoms with Gasteiger partial charge in [-0.05, 0) is 33.8 Å². The van der Waals surface area contributed by atoms with Gasteiger partial charge in [-0.2, -0.15) is 5.26 Å². The topological polar surface area (TPSA) is 55.1 Å². The minimum absolute atomic E-state index is 0.295. The molecule has 0 radical (unpaired) electrons. The molecule has 0 spiro atoms. The number of hydrogen-bond acceptors (Lipinski definition) is 4. The summed E-state index contributed by atoms with van der Waals surface area (Å²) in [6.45, 7) is 7.86. The van der Waals surface area contributed by atoms with Crippen molar-refractivity contribution in [1.29, 1.82) is 5.26 Å². The Balaban J connectivity index is 2.38. The van der Waals surface area contributed by atoms with Gasteiger partial charge >= 0.3 is 7.12 Å². The molecular formula is C12H14BClN2O2. The van der Waals surface area contributed by atoms with Gasteiger partial charge in [0, 0.05) is 11.7 Å². The predicted octanol–water partition coefficient (Wildman–Crippen LogP) is 1.91. The summed E-state index contributed by atoms with van der Waals surface area (Å²) in [4.78, 5) is 3.90. The van der Waals surface area contributed by atoms with Crippen molar-refractivity contribution in [3.05, 3.63) is 23.0 Å². The van der Waals surface area contributed by atoms with Crippen LogP contribution in [-0.4, -0.2) is 23.3 Å². The van der Waals surface area contributed by atoms with Crippen LogP contribution in [0.3, 0.4) is 0 Å². The molecule has 1 aromatic heterocycles. The lowest BCUT2D eigenvalue weighted by atomic mass is 9.79. The fourth-order valence-corrected chi connectivity index (χ4v) is 1.86. The molecule has 0 aromatic carbocycles. The second kappa shape index (κ2) is 4.23. The smallest absolute Gasteiger partial charge is 0.399 e. The van der Waals surface area contributed by atoms with Crippen LogP contribution in [0.25, 0.3) is 0 Å². The third-order valence-electron chi connectivity index (χ3n) is 3.51. The highest BCUT2D eigenvalue weighted by atomic mass is 35.5. The van der Waals surface area contributed by atoms with Crippen LogP contribution in [0.1, 0.15) is 33.4 Å². The third-order valence-corrected chi connectivity index (χ3v) is 3.82. The quantitative estimate of drug-likeness (QED) is 0.727. The van der Waals surface area contributed by atoms with E-state index in [1.165, 1.54) is 6.20 Å². The Morgan fingerprint density at radius 2 is 1.83 bits per heavy atom. The second-order valence-electron chi connectivity index (χ2n) is 5.29. The molecular weight excluding hydrogens is 250 g/mol. The molecule has 1 aromatic rings. The predicted molar refractivity (Wildman–Crippen MR) is 69.7 cm³/mol. The maximum Gasteiger partial charge on any atom is 0.496 e. The summed E-state index contributed by atoms with van der Waals surface area (Å²) in [5.41, 5.74) is 0.0692. The fourth-order valence-electron chi connectivity index (χ4n) is 1.67. The van der Waals surface area contributed by atoms with E-state index in [-0.39, 0.29) is 0 Å². The van der Waals surface area contributed by atoms with E-state index in [2.05, 4.69) is 4.98 Å². The van der Waals surface area contributed by atoms with Crippen molar-refractivity contribution < 1.29 is 9.31 Å². The van der Waals surface area contributed by atoms with Crippen LogP contribution < -0.4 is 5.46 Å². The van der Waals surface area contributed by atoms with Gasteiger partial charge in [0.1, 0.15) is 11.8 Å². The lowest BCUT2D eigenvalue weighted by molar-refractivity contribution is 0.00578. The molecule has 0 saturated carbocycles. The van der Waals surface area contributed by atoms with E-state index in [9.17, 15) is 0 Å². The van der Waals surface area contributed by atoms with Crippen molar-refractivity contribution in [1.82, 2.24) is 4.98 Å². The van der Waals surface area contributed by atoms with Gasteiger partial charge in [-0.3, -0.25) is 0 Å². The molecule has 1 fully saturated rings. The highest BCUT2D eigenvalue weighted by Gasteiger charge is 2.52. The molecule has 18 heavy (non-hydrogen) atoms. The van der Waals surface area contributed by atoms with Gasteiger partial charge in [0.2, 0.25) is 0 Å². The summed E-state index contributed by atoms with van der Waals surface area (Å²) in [5.74, 6) is 0. The van der Waals surface area contributed by atoms with Gasteiger partial charge in [-0.25, -0.2) is 4.98 Å². The number of nitrogens with zero attached hydrogens (tertiary/aromatic N) is 2. The molecule has 1 aliphatic heterocycles. The number of halogens is 1. The van der Waals surface area contributed by atoms with Crippen molar-refractivity contribution in [3.8, 4) is 6.07 Å². The molecule has 1 saturated heterocycles. The standard InChI is InChI=1S/C12H14BClN2O2/c1-11(2)12(3,4)18-13(17-11)9-5-8(6-15)16-7-10(9)14/h5,7H,1-4H3. The van der Waals surface area contributed by atoms with Gasteiger partial charge in [0.25, 0.3) is 0 Å². The van der Waals surface area contributed by atoms with E-state index < -0.39 is 18.3 Å². The Kier molecular flexibility index (Phi) is 3.14. The summed E-state index contributed by atoms with van der Waals surface area (Å²) in [6.07, 6.45) is 1.44. The lowest BCUT2D eigenvalue weighted by Crippen LogP contribution is -2.41. The van der Waals surface area contributed by atoms with Gasteiger partial charge < -0.3 is 9.31 Å². The fraction of sp³-hybridized carbons (Fsp3) is 0.500. The molecule has 0 aliphatic carbocycles. The summed E-state index contributed by atoms with van der Waals surface area (Å²) < 4.78 is 11.8. The molecule has 0 unspecified atom stereocenters. The maximum absolute atomic E-state index is 8.86. The Labute approximate surface area is 112 Å². The molecule has 4 nitrogen and oxygen atoms in total. The molecule has 6 heteroatoms. The van der Waals surface area contributed by atoms with E-state index in [0.717, 1.165) is 0 Å². The first-order valence-electron chi connectivity index (χ1n) is 5.68. The van der Waals surface area contributed by atoms with Crippen molar-refractivity contribution in [2.24, 2.45) is 0 Å². The van der Waals surface area contributed by atoms with Crippen molar-refractivity contribution in [3.63, 3.8) is 0 Å². The minimum Gasteiger partial charge on any atom is -0.399 e. The van der Waals surface area contributed by atoms with Crippen molar-refractivity contribution >= 4 is 24.2 Å². The Morgan fingerprint density at radius 3 is 2.33 bits per heavy atom. The van der Waals surface area contributed by atoms with Gasteiger partial charge in [-0.1, -0.05) is 11.6 Å². The summed E-state index contributed by atoms with van der Waals surface area (Å²) in [7, 11) is -0.572. The van der Waals surface area contributed by atoms with Crippen LogP contribution in [0.4, 0.5) is 0 Å². The molecule has 0 N–H and O–H groups in total. The van der Waals surface area contributed by atoms with Gasteiger partial charge in [0.15, 0.2) is 0 Å². The molecule has 2 heterocycles. The highest BCUT2D eigenvalue weighted by Crippen LogP contribution is 2.36. The Hall–Kier alpha value is -1.09. The zero-order chi connectivity index (χ0) is 13.6. The normalized spacial score (nSPS) is 20.8. The summed E-state index contributed by atoms with van der Waals surface area (Å²) in [6, 6.07) is 3.58. The first kappa shape index (κ1) is 13.3. The third kappa shape index (κ3) is 2.12.